The maximum absolute atomic E-state index is 2.51. The van der Waals surface area contributed by atoms with E-state index in [2.05, 4.69) is 261 Å². The molecule has 0 aliphatic rings. The normalized spacial score (nSPS) is 11.9. The number of benzene rings is 10. The first kappa shape index (κ1) is 36.6. The van der Waals surface area contributed by atoms with E-state index in [1.807, 2.05) is 0 Å². The molecule has 3 heterocycles. The van der Waals surface area contributed by atoms with E-state index in [9.17, 15) is 0 Å². The van der Waals surface area contributed by atoms with E-state index >= 15 is 0 Å². The number of rotatable bonds is 4. The zero-order chi connectivity index (χ0) is 43.3. The first-order valence-electron chi connectivity index (χ1n) is 22.7. The van der Waals surface area contributed by atoms with Gasteiger partial charge in [0.25, 0.3) is 0 Å². The Balaban J connectivity index is 1.28. The summed E-state index contributed by atoms with van der Waals surface area (Å²) in [6.07, 6.45) is 4.41. The fourth-order valence-electron chi connectivity index (χ4n) is 11.1. The molecule has 4 heteroatoms. The van der Waals surface area contributed by atoms with Crippen molar-refractivity contribution in [1.29, 1.82) is 0 Å². The van der Waals surface area contributed by atoms with Gasteiger partial charge in [-0.15, -0.1) is 0 Å². The predicted molar refractivity (Wildman–Crippen MR) is 279 cm³/mol. The quantitative estimate of drug-likeness (QED) is 0.168. The van der Waals surface area contributed by atoms with Crippen LogP contribution in [-0.2, 0) is 0 Å². The summed E-state index contributed by atoms with van der Waals surface area (Å²) in [6, 6.07) is 84.7. The van der Waals surface area contributed by atoms with Crippen molar-refractivity contribution < 1.29 is 0 Å². The minimum Gasteiger partial charge on any atom is -0.314 e. The van der Waals surface area contributed by atoms with Crippen LogP contribution in [-0.4, -0.2) is 18.3 Å². The van der Waals surface area contributed by atoms with Gasteiger partial charge in [-0.25, -0.2) is 0 Å². The van der Waals surface area contributed by atoms with Crippen LogP contribution in [0.1, 0.15) is 0 Å². The molecule has 0 aliphatic heterocycles. The number of aromatic nitrogens is 4. The number of nitrogens with zero attached hydrogens (tertiary/aromatic N) is 4. The Labute approximate surface area is 380 Å². The van der Waals surface area contributed by atoms with Crippen molar-refractivity contribution in [2.75, 3.05) is 0 Å². The van der Waals surface area contributed by atoms with Gasteiger partial charge in [-0.2, -0.15) is 0 Å². The van der Waals surface area contributed by atoms with Crippen molar-refractivity contribution in [1.82, 2.24) is 18.3 Å². The van der Waals surface area contributed by atoms with E-state index in [1.54, 1.807) is 0 Å². The second-order valence-electron chi connectivity index (χ2n) is 17.3. The Morgan fingerprint density at radius 3 is 0.924 bits per heavy atom. The maximum atomic E-state index is 2.51. The summed E-state index contributed by atoms with van der Waals surface area (Å²) >= 11 is 0. The van der Waals surface area contributed by atoms with Gasteiger partial charge in [-0.3, -0.25) is 0 Å². The van der Waals surface area contributed by atoms with Crippen LogP contribution < -0.4 is 0 Å². The van der Waals surface area contributed by atoms with E-state index < -0.39 is 0 Å². The van der Waals surface area contributed by atoms with Crippen LogP contribution in [0.5, 0.6) is 0 Å². The molecule has 11 aromatic carbocycles. The summed E-state index contributed by atoms with van der Waals surface area (Å²) in [5, 5.41) is 14.4. The second kappa shape index (κ2) is 14.3. The molecular weight excluding hydrogens is 801 g/mol. The summed E-state index contributed by atoms with van der Waals surface area (Å²) in [5.74, 6) is 0. The molecule has 3 aromatic heterocycles. The molecule has 0 atom stereocenters. The summed E-state index contributed by atoms with van der Waals surface area (Å²) in [4.78, 5) is 0. The van der Waals surface area contributed by atoms with Crippen LogP contribution in [0.2, 0.25) is 0 Å². The SMILES string of the molecule is c1ccc(-n2ccn(-c3ccccc3)c3cc4c(cc32)c2ccccc2c2cccc(-n3c5ccccc5c5ccccc53)c2c2c(-n3c5ccccc5c5ccccc53)cccc42)cc1. The van der Waals surface area contributed by atoms with Gasteiger partial charge in [0.1, 0.15) is 0 Å². The lowest BCUT2D eigenvalue weighted by atomic mass is 9.92. The number of fused-ring (bicyclic) bond motifs is 15. The molecule has 66 heavy (non-hydrogen) atoms. The monoisotopic (exact) mass is 840 g/mol. The zero-order valence-electron chi connectivity index (χ0n) is 35.9. The third-order valence-corrected chi connectivity index (χ3v) is 13.8. The second-order valence-corrected chi connectivity index (χ2v) is 17.3. The van der Waals surface area contributed by atoms with E-state index in [0.717, 1.165) is 33.8 Å². The van der Waals surface area contributed by atoms with E-state index in [-0.39, 0.29) is 0 Å². The van der Waals surface area contributed by atoms with Crippen molar-refractivity contribution in [3.05, 3.63) is 243 Å². The van der Waals surface area contributed by atoms with Crippen LogP contribution in [0.15, 0.2) is 243 Å². The molecule has 308 valence electrons. The minimum atomic E-state index is 1.10. The van der Waals surface area contributed by atoms with Gasteiger partial charge < -0.3 is 18.3 Å². The maximum Gasteiger partial charge on any atom is 0.0703 e. The Bertz CT molecular complexity index is 4230. The number of hydrogen-bond donors (Lipinski definition) is 0. The van der Waals surface area contributed by atoms with Crippen molar-refractivity contribution in [3.63, 3.8) is 0 Å². The molecule has 0 N–H and O–H groups in total. The fraction of sp³-hybridized carbons (Fsp3) is 0. The van der Waals surface area contributed by atoms with Gasteiger partial charge in [0, 0.05) is 56.1 Å². The zero-order valence-corrected chi connectivity index (χ0v) is 35.9. The van der Waals surface area contributed by atoms with Gasteiger partial charge >= 0.3 is 0 Å². The van der Waals surface area contributed by atoms with Crippen LogP contribution in [0, 0.1) is 0 Å². The topological polar surface area (TPSA) is 19.7 Å². The molecule has 0 fully saturated rings. The molecule has 0 aliphatic carbocycles. The lowest BCUT2D eigenvalue weighted by molar-refractivity contribution is 1.01. The van der Waals surface area contributed by atoms with Crippen molar-refractivity contribution in [3.8, 4) is 22.7 Å². The third kappa shape index (κ3) is 5.27. The molecule has 0 amide bonds. The van der Waals surface area contributed by atoms with Crippen LogP contribution in [0.25, 0.3) is 120 Å². The largest absolute Gasteiger partial charge is 0.314 e. The standard InChI is InChI=1S/C62H40N4/c1-3-19-41(20-4-1)63-37-38-64(42-21-5-2-6-22-42)60-40-52-50-30-18-36-58(66-55-33-15-11-27-47(55)48-28-12-16-34-56(48)66)62(50)61-49(43-23-7-8-24-44(43)51(52)39-59(60)63)29-17-35-57(61)65-53-31-13-9-25-45(53)46-26-10-14-32-54(46)65/h1-40H. The van der Waals surface area contributed by atoms with Gasteiger partial charge in [-0.05, 0) is 105 Å². The number of hydrogen-bond acceptors (Lipinski definition) is 0. The van der Waals surface area contributed by atoms with Crippen molar-refractivity contribution in [2.45, 2.75) is 0 Å². The summed E-state index contributed by atoms with van der Waals surface area (Å²) < 4.78 is 9.69. The average molecular weight is 841 g/mol. The van der Waals surface area contributed by atoms with Gasteiger partial charge in [0.2, 0.25) is 0 Å². The molecule has 0 radical (unpaired) electrons. The third-order valence-electron chi connectivity index (χ3n) is 13.8. The molecule has 14 rings (SSSR count). The Morgan fingerprint density at radius 1 is 0.212 bits per heavy atom. The highest BCUT2D eigenvalue weighted by Crippen LogP contribution is 2.45. The van der Waals surface area contributed by atoms with Gasteiger partial charge in [-0.1, -0.05) is 158 Å². The Hall–Kier alpha value is -8.86. The van der Waals surface area contributed by atoms with E-state index in [0.29, 0.717) is 0 Å². The molecule has 0 spiro atoms. The lowest BCUT2D eigenvalue weighted by Gasteiger charge is -2.21. The molecular formula is C62H40N4. The van der Waals surface area contributed by atoms with Crippen LogP contribution in [0.3, 0.4) is 0 Å². The lowest BCUT2D eigenvalue weighted by Crippen LogP contribution is -2.05. The smallest absolute Gasteiger partial charge is 0.0703 e. The Morgan fingerprint density at radius 2 is 0.515 bits per heavy atom. The first-order chi connectivity index (χ1) is 32.8. The first-order valence-corrected chi connectivity index (χ1v) is 22.7. The van der Waals surface area contributed by atoms with E-state index in [4.69, 9.17) is 0 Å². The Kier molecular flexibility index (Phi) is 7.95. The highest BCUT2D eigenvalue weighted by atomic mass is 15.1. The summed E-state index contributed by atoms with van der Waals surface area (Å²) in [6.45, 7) is 0. The molecule has 0 saturated heterocycles. The van der Waals surface area contributed by atoms with Crippen LogP contribution in [0.4, 0.5) is 0 Å². The molecule has 0 unspecified atom stereocenters. The van der Waals surface area contributed by atoms with Gasteiger partial charge in [0.05, 0.1) is 44.5 Å². The fourth-order valence-corrected chi connectivity index (χ4v) is 11.1. The number of para-hydroxylation sites is 6. The van der Waals surface area contributed by atoms with E-state index in [1.165, 1.54) is 86.7 Å². The summed E-state index contributed by atoms with van der Waals surface area (Å²) in [7, 11) is 0. The molecule has 0 bridgehead atoms. The molecule has 14 aromatic rings. The van der Waals surface area contributed by atoms with Gasteiger partial charge in [0.15, 0.2) is 0 Å². The minimum absolute atomic E-state index is 1.10. The molecule has 4 nitrogen and oxygen atoms in total. The highest BCUT2D eigenvalue weighted by Gasteiger charge is 2.22. The van der Waals surface area contributed by atoms with Crippen molar-refractivity contribution in [2.24, 2.45) is 0 Å². The predicted octanol–water partition coefficient (Wildman–Crippen LogP) is 16.4. The van der Waals surface area contributed by atoms with Crippen LogP contribution >= 0.6 is 0 Å². The molecule has 0 saturated carbocycles. The van der Waals surface area contributed by atoms with Crippen molar-refractivity contribution >= 4 is 97.7 Å². The average Bonchev–Trinajstić information content (AvgIpc) is 3.90. The highest BCUT2D eigenvalue weighted by molar-refractivity contribution is 6.31. The summed E-state index contributed by atoms with van der Waals surface area (Å²) in [5.41, 5.74) is 11.4.